The van der Waals surface area contributed by atoms with Crippen molar-refractivity contribution in [2.45, 2.75) is 13.5 Å². The van der Waals surface area contributed by atoms with Crippen molar-refractivity contribution in [1.29, 1.82) is 0 Å². The fourth-order valence-corrected chi connectivity index (χ4v) is 4.37. The van der Waals surface area contributed by atoms with Crippen molar-refractivity contribution >= 4 is 40.5 Å². The number of hydrogen-bond donors (Lipinski definition) is 0. The Hall–Kier alpha value is -4.51. The third-order valence-electron chi connectivity index (χ3n) is 5.45. The van der Waals surface area contributed by atoms with Crippen LogP contribution >= 0.6 is 11.8 Å². The first-order valence-electron chi connectivity index (χ1n) is 11.4. The van der Waals surface area contributed by atoms with Gasteiger partial charge in [-0.3, -0.25) is 29.4 Å². The lowest BCUT2D eigenvalue weighted by Crippen LogP contribution is -2.33. The van der Waals surface area contributed by atoms with Gasteiger partial charge >= 0.3 is 0 Å². The van der Waals surface area contributed by atoms with Gasteiger partial charge in [0.15, 0.2) is 17.3 Å². The minimum atomic E-state index is -0.621. The van der Waals surface area contributed by atoms with Crippen LogP contribution in [0.2, 0.25) is 0 Å². The molecule has 0 saturated carbocycles. The lowest BCUT2D eigenvalue weighted by atomic mass is 10.1. The minimum absolute atomic E-state index is 0.133. The van der Waals surface area contributed by atoms with Gasteiger partial charge < -0.3 is 9.47 Å². The van der Waals surface area contributed by atoms with E-state index in [1.807, 2.05) is 6.92 Å². The van der Waals surface area contributed by atoms with Gasteiger partial charge in [0.2, 0.25) is 0 Å². The van der Waals surface area contributed by atoms with E-state index in [1.54, 1.807) is 30.3 Å². The first-order valence-corrected chi connectivity index (χ1v) is 12.2. The van der Waals surface area contributed by atoms with Crippen molar-refractivity contribution in [3.8, 4) is 11.5 Å². The van der Waals surface area contributed by atoms with Crippen molar-refractivity contribution in [1.82, 2.24) is 4.90 Å². The Morgan fingerprint density at radius 3 is 2.39 bits per heavy atom. The predicted octanol–water partition coefficient (Wildman–Crippen LogP) is 5.63. The van der Waals surface area contributed by atoms with Gasteiger partial charge in [-0.1, -0.05) is 18.2 Å². The molecule has 38 heavy (non-hydrogen) atoms. The maximum atomic E-state index is 13.1. The molecule has 9 nitrogen and oxygen atoms in total. The van der Waals surface area contributed by atoms with Crippen LogP contribution in [0.15, 0.2) is 71.6 Å². The molecule has 0 atom stereocenters. The largest absolute Gasteiger partial charge is 0.490 e. The molecule has 3 aromatic rings. The maximum absolute atomic E-state index is 13.1. The second-order valence-corrected chi connectivity index (χ2v) is 9.04. The molecular weight excluding hydrogens is 515 g/mol. The number of amides is 2. The van der Waals surface area contributed by atoms with Gasteiger partial charge in [0.25, 0.3) is 16.8 Å². The van der Waals surface area contributed by atoms with Gasteiger partial charge in [0, 0.05) is 17.7 Å². The average molecular weight is 537 g/mol. The Labute approximate surface area is 221 Å². The van der Waals surface area contributed by atoms with E-state index in [9.17, 15) is 28.9 Å². The highest BCUT2D eigenvalue weighted by Gasteiger charge is 2.36. The monoisotopic (exact) mass is 536 g/mol. The number of benzene rings is 3. The van der Waals surface area contributed by atoms with Gasteiger partial charge in [0.05, 0.1) is 23.0 Å². The van der Waals surface area contributed by atoms with Crippen LogP contribution in [-0.2, 0) is 11.4 Å². The summed E-state index contributed by atoms with van der Waals surface area (Å²) < 4.78 is 24.6. The van der Waals surface area contributed by atoms with Crippen LogP contribution in [-0.4, -0.2) is 39.9 Å². The third kappa shape index (κ3) is 6.24. The number of nitro groups is 1. The van der Waals surface area contributed by atoms with E-state index < -0.39 is 28.4 Å². The number of nitro benzene ring substituents is 1. The quantitative estimate of drug-likeness (QED) is 0.142. The molecule has 0 aromatic heterocycles. The second kappa shape index (κ2) is 11.7. The molecule has 3 aromatic carbocycles. The molecule has 1 saturated heterocycles. The van der Waals surface area contributed by atoms with Gasteiger partial charge in [-0.25, -0.2) is 4.39 Å². The summed E-state index contributed by atoms with van der Waals surface area (Å²) in [5.41, 5.74) is 1.33. The lowest BCUT2D eigenvalue weighted by molar-refractivity contribution is -0.384. The zero-order valence-corrected chi connectivity index (χ0v) is 20.9. The molecule has 0 bridgehead atoms. The number of imide groups is 1. The van der Waals surface area contributed by atoms with E-state index in [1.165, 1.54) is 42.5 Å². The van der Waals surface area contributed by atoms with Gasteiger partial charge in [-0.2, -0.15) is 0 Å². The molecule has 0 unspecified atom stereocenters. The molecule has 0 N–H and O–H groups in total. The number of Topliss-reactive ketones (excluding diaryl/α,β-unsaturated/α-hetero) is 1. The number of rotatable bonds is 10. The van der Waals surface area contributed by atoms with E-state index in [0.29, 0.717) is 35.4 Å². The normalized spacial score (nSPS) is 14.2. The summed E-state index contributed by atoms with van der Waals surface area (Å²) in [5, 5.41) is 10.2. The summed E-state index contributed by atoms with van der Waals surface area (Å²) in [7, 11) is 0. The Kier molecular flexibility index (Phi) is 8.17. The molecule has 2 amide bonds. The van der Waals surface area contributed by atoms with Crippen molar-refractivity contribution in [3.05, 3.63) is 104 Å². The van der Waals surface area contributed by atoms with Crippen LogP contribution in [0, 0.1) is 15.9 Å². The molecule has 4 rings (SSSR count). The highest BCUT2D eigenvalue weighted by atomic mass is 32.2. The minimum Gasteiger partial charge on any atom is -0.490 e. The van der Waals surface area contributed by atoms with Crippen LogP contribution in [0.1, 0.15) is 28.4 Å². The first-order chi connectivity index (χ1) is 18.2. The van der Waals surface area contributed by atoms with Crippen molar-refractivity contribution in [2.24, 2.45) is 0 Å². The topological polar surface area (TPSA) is 116 Å². The Morgan fingerprint density at radius 1 is 1.03 bits per heavy atom. The molecule has 1 heterocycles. The number of hydrogen-bond acceptors (Lipinski definition) is 8. The molecule has 1 aliphatic rings. The number of carbonyl (C=O) groups excluding carboxylic acids is 3. The summed E-state index contributed by atoms with van der Waals surface area (Å²) in [5.74, 6) is -0.603. The average Bonchev–Trinajstić information content (AvgIpc) is 3.16. The van der Waals surface area contributed by atoms with Gasteiger partial charge in [-0.05, 0) is 72.3 Å². The number of ketones is 1. The molecule has 11 heteroatoms. The number of halogens is 1. The Morgan fingerprint density at radius 2 is 1.74 bits per heavy atom. The molecule has 1 fully saturated rings. The maximum Gasteiger partial charge on any atom is 0.293 e. The number of nitrogens with zero attached hydrogens (tertiary/aromatic N) is 2. The van der Waals surface area contributed by atoms with Gasteiger partial charge in [-0.15, -0.1) is 0 Å². The zero-order valence-electron chi connectivity index (χ0n) is 20.1. The molecule has 0 spiro atoms. The Balaban J connectivity index is 1.46. The highest BCUT2D eigenvalue weighted by molar-refractivity contribution is 8.18. The van der Waals surface area contributed by atoms with E-state index in [4.69, 9.17) is 9.47 Å². The predicted molar refractivity (Wildman–Crippen MR) is 138 cm³/mol. The third-order valence-corrected chi connectivity index (χ3v) is 6.36. The fraction of sp³-hybridized carbons (Fsp3) is 0.148. The first kappa shape index (κ1) is 26.6. The van der Waals surface area contributed by atoms with Crippen LogP contribution in [0.5, 0.6) is 11.5 Å². The number of non-ortho nitro benzene ring substituents is 1. The van der Waals surface area contributed by atoms with Crippen molar-refractivity contribution in [2.75, 3.05) is 13.2 Å². The van der Waals surface area contributed by atoms with Gasteiger partial charge in [0.1, 0.15) is 12.4 Å². The standard InChI is InChI=1S/C27H21FN2O7S/c1-2-36-24-13-18(5-12-23(24)37-16-17-3-8-20(28)9-4-17)14-25-26(32)29(27(33)38-25)15-22(31)19-6-10-21(11-7-19)30(34)35/h3-14H,2,15-16H2,1H3/b25-14-. The van der Waals surface area contributed by atoms with Crippen molar-refractivity contribution in [3.63, 3.8) is 0 Å². The smallest absolute Gasteiger partial charge is 0.293 e. The van der Waals surface area contributed by atoms with E-state index in [0.717, 1.165) is 10.5 Å². The molecule has 0 aliphatic carbocycles. The SMILES string of the molecule is CCOc1cc(/C=C2\SC(=O)N(CC(=O)c3ccc([N+](=O)[O-])cc3)C2=O)ccc1OCc1ccc(F)cc1. The highest BCUT2D eigenvalue weighted by Crippen LogP contribution is 2.35. The summed E-state index contributed by atoms with van der Waals surface area (Å²) >= 11 is 0.707. The number of ether oxygens (including phenoxy) is 2. The van der Waals surface area contributed by atoms with Crippen LogP contribution in [0.4, 0.5) is 14.9 Å². The van der Waals surface area contributed by atoms with E-state index in [-0.39, 0.29) is 28.6 Å². The van der Waals surface area contributed by atoms with Crippen LogP contribution < -0.4 is 9.47 Å². The lowest BCUT2D eigenvalue weighted by Gasteiger charge is -2.13. The number of thioether (sulfide) groups is 1. The summed E-state index contributed by atoms with van der Waals surface area (Å²) in [6.45, 7) is 1.88. The van der Waals surface area contributed by atoms with Crippen molar-refractivity contribution < 1.29 is 33.2 Å². The summed E-state index contributed by atoms with van der Waals surface area (Å²) in [6, 6.07) is 15.9. The van der Waals surface area contributed by atoms with E-state index >= 15 is 0 Å². The molecule has 1 aliphatic heterocycles. The molecular formula is C27H21FN2O7S. The summed E-state index contributed by atoms with van der Waals surface area (Å²) in [4.78, 5) is 49.1. The second-order valence-electron chi connectivity index (χ2n) is 8.05. The molecule has 194 valence electrons. The van der Waals surface area contributed by atoms with Crippen LogP contribution in [0.3, 0.4) is 0 Å². The van der Waals surface area contributed by atoms with E-state index in [2.05, 4.69) is 0 Å². The van der Waals surface area contributed by atoms with Crippen LogP contribution in [0.25, 0.3) is 6.08 Å². The Bertz CT molecular complexity index is 1420. The fourth-order valence-electron chi connectivity index (χ4n) is 3.54. The number of carbonyl (C=O) groups is 3. The summed E-state index contributed by atoms with van der Waals surface area (Å²) in [6.07, 6.45) is 1.52. The zero-order chi connectivity index (χ0) is 27.2. The molecule has 0 radical (unpaired) electrons.